The predicted molar refractivity (Wildman–Crippen MR) is 239 cm³/mol. The summed E-state index contributed by atoms with van der Waals surface area (Å²) < 4.78 is 8.91. The molecule has 0 radical (unpaired) electrons. The third-order valence-corrected chi connectivity index (χ3v) is 11.2. The third-order valence-electron chi connectivity index (χ3n) is 11.2. The SMILES string of the molecule is c1ccc(-c2ccccc2-c2cccc3c2c2ccc(N(c4ccccc4-c4ccccc4)c4cccc5oc6ccccc6c45)cc2n3-c2ccccc2)cc1. The van der Waals surface area contributed by atoms with Crippen LogP contribution in [0.4, 0.5) is 17.1 Å². The normalized spacial score (nSPS) is 11.5. The molecule has 0 amide bonds. The first-order valence-electron chi connectivity index (χ1n) is 19.4. The van der Waals surface area contributed by atoms with Crippen LogP contribution in [-0.4, -0.2) is 4.57 Å². The lowest BCUT2D eigenvalue weighted by Gasteiger charge is -2.28. The topological polar surface area (TPSA) is 21.3 Å². The zero-order valence-corrected chi connectivity index (χ0v) is 31.1. The highest BCUT2D eigenvalue weighted by atomic mass is 16.3. The molecule has 3 nitrogen and oxygen atoms in total. The lowest BCUT2D eigenvalue weighted by molar-refractivity contribution is 0.669. The number of nitrogens with zero attached hydrogens (tertiary/aromatic N) is 2. The number of furan rings is 1. The summed E-state index contributed by atoms with van der Waals surface area (Å²) in [5.74, 6) is 0. The molecule has 0 fully saturated rings. The van der Waals surface area contributed by atoms with Crippen LogP contribution >= 0.6 is 0 Å². The molecule has 9 aromatic carbocycles. The highest BCUT2D eigenvalue weighted by Gasteiger charge is 2.24. The van der Waals surface area contributed by atoms with Crippen LogP contribution in [0.25, 0.3) is 82.8 Å². The van der Waals surface area contributed by atoms with Crippen molar-refractivity contribution in [2.75, 3.05) is 4.90 Å². The summed E-state index contributed by atoms with van der Waals surface area (Å²) in [5, 5.41) is 4.59. The first-order chi connectivity index (χ1) is 28.3. The Labute approximate surface area is 330 Å². The van der Waals surface area contributed by atoms with Gasteiger partial charge in [0.05, 0.1) is 27.8 Å². The summed E-state index contributed by atoms with van der Waals surface area (Å²) in [6, 6.07) is 78.1. The average Bonchev–Trinajstić information content (AvgIpc) is 3.84. The first kappa shape index (κ1) is 32.8. The van der Waals surface area contributed by atoms with Crippen LogP contribution < -0.4 is 4.90 Å². The van der Waals surface area contributed by atoms with Crippen LogP contribution in [0.3, 0.4) is 0 Å². The highest BCUT2D eigenvalue weighted by molar-refractivity contribution is 6.18. The number of anilines is 3. The van der Waals surface area contributed by atoms with Gasteiger partial charge in [-0.25, -0.2) is 0 Å². The molecule has 11 rings (SSSR count). The maximum atomic E-state index is 6.48. The first-order valence-corrected chi connectivity index (χ1v) is 19.4. The fourth-order valence-corrected chi connectivity index (χ4v) is 8.74. The fraction of sp³-hybridized carbons (Fsp3) is 0. The molecule has 0 N–H and O–H groups in total. The molecular weight excluding hydrogens is 693 g/mol. The van der Waals surface area contributed by atoms with Crippen LogP contribution in [-0.2, 0) is 0 Å². The van der Waals surface area contributed by atoms with E-state index in [2.05, 4.69) is 222 Å². The number of hydrogen-bond acceptors (Lipinski definition) is 2. The molecular formula is C54H36N2O. The average molecular weight is 729 g/mol. The lowest BCUT2D eigenvalue weighted by Crippen LogP contribution is -2.11. The van der Waals surface area contributed by atoms with Gasteiger partial charge in [-0.05, 0) is 82.4 Å². The van der Waals surface area contributed by atoms with E-state index in [1.54, 1.807) is 0 Å². The second-order valence-electron chi connectivity index (χ2n) is 14.5. The van der Waals surface area contributed by atoms with Gasteiger partial charge in [0.15, 0.2) is 0 Å². The van der Waals surface area contributed by atoms with Crippen molar-refractivity contribution in [3.8, 4) is 39.1 Å². The third kappa shape index (κ3) is 5.43. The van der Waals surface area contributed by atoms with E-state index in [9.17, 15) is 0 Å². The zero-order chi connectivity index (χ0) is 37.7. The van der Waals surface area contributed by atoms with Gasteiger partial charge >= 0.3 is 0 Å². The Kier molecular flexibility index (Phi) is 7.82. The zero-order valence-electron chi connectivity index (χ0n) is 31.1. The summed E-state index contributed by atoms with van der Waals surface area (Å²) in [5.41, 5.74) is 15.5. The number of fused-ring (bicyclic) bond motifs is 6. The van der Waals surface area contributed by atoms with Crippen LogP contribution in [0.1, 0.15) is 0 Å². The minimum atomic E-state index is 0.858. The van der Waals surface area contributed by atoms with E-state index in [-0.39, 0.29) is 0 Å². The largest absolute Gasteiger partial charge is 0.456 e. The molecule has 268 valence electrons. The maximum absolute atomic E-state index is 6.48. The number of rotatable bonds is 7. The fourth-order valence-electron chi connectivity index (χ4n) is 8.74. The molecule has 11 aromatic rings. The van der Waals surface area contributed by atoms with Gasteiger partial charge in [0.1, 0.15) is 11.2 Å². The Morgan fingerprint density at radius 1 is 0.351 bits per heavy atom. The predicted octanol–water partition coefficient (Wildman–Crippen LogP) is 15.2. The summed E-state index contributed by atoms with van der Waals surface area (Å²) >= 11 is 0. The van der Waals surface area contributed by atoms with Gasteiger partial charge in [0, 0.05) is 33.1 Å². The molecule has 0 saturated heterocycles. The quantitative estimate of drug-likeness (QED) is 0.163. The smallest absolute Gasteiger partial charge is 0.137 e. The molecule has 0 atom stereocenters. The van der Waals surface area contributed by atoms with Crippen molar-refractivity contribution in [2.24, 2.45) is 0 Å². The molecule has 0 aliphatic rings. The van der Waals surface area contributed by atoms with Crippen LogP contribution in [0, 0.1) is 0 Å². The van der Waals surface area contributed by atoms with Crippen molar-refractivity contribution in [3.63, 3.8) is 0 Å². The number of aromatic nitrogens is 1. The standard InChI is InChI=1S/C54H36N2O/c1-4-18-37(19-5-1)41-24-10-11-26-43(41)44-28-16-30-48-53(44)45-35-34-40(36-50(45)55(48)39-22-8-3-9-23-39)56(47-29-14-12-25-42(47)38-20-6-2-7-21-38)49-31-17-33-52-54(49)46-27-13-15-32-51(46)57-52/h1-36H. The second kappa shape index (κ2) is 13.6. The minimum absolute atomic E-state index is 0.858. The lowest BCUT2D eigenvalue weighted by atomic mass is 9.92. The van der Waals surface area contributed by atoms with Gasteiger partial charge in [-0.2, -0.15) is 0 Å². The molecule has 0 saturated carbocycles. The van der Waals surface area contributed by atoms with E-state index in [0.29, 0.717) is 0 Å². The molecule has 57 heavy (non-hydrogen) atoms. The Morgan fingerprint density at radius 3 is 1.72 bits per heavy atom. The van der Waals surface area contributed by atoms with E-state index in [1.165, 1.54) is 33.0 Å². The summed E-state index contributed by atoms with van der Waals surface area (Å²) in [4.78, 5) is 2.42. The second-order valence-corrected chi connectivity index (χ2v) is 14.5. The van der Waals surface area contributed by atoms with Crippen LogP contribution in [0.15, 0.2) is 223 Å². The molecule has 2 aromatic heterocycles. The summed E-state index contributed by atoms with van der Waals surface area (Å²) in [7, 11) is 0. The molecule has 0 aliphatic carbocycles. The highest BCUT2D eigenvalue weighted by Crippen LogP contribution is 2.48. The minimum Gasteiger partial charge on any atom is -0.456 e. The van der Waals surface area contributed by atoms with E-state index < -0.39 is 0 Å². The molecule has 0 unspecified atom stereocenters. The molecule has 3 heteroatoms. The van der Waals surface area contributed by atoms with Crippen molar-refractivity contribution in [3.05, 3.63) is 218 Å². The van der Waals surface area contributed by atoms with E-state index in [4.69, 9.17) is 4.42 Å². The van der Waals surface area contributed by atoms with Crippen molar-refractivity contribution in [1.82, 2.24) is 4.57 Å². The van der Waals surface area contributed by atoms with Crippen molar-refractivity contribution < 1.29 is 4.42 Å². The molecule has 0 bridgehead atoms. The summed E-state index contributed by atoms with van der Waals surface area (Å²) in [6.07, 6.45) is 0. The Balaban J connectivity index is 1.23. The van der Waals surface area contributed by atoms with Crippen LogP contribution in [0.5, 0.6) is 0 Å². The monoisotopic (exact) mass is 728 g/mol. The van der Waals surface area contributed by atoms with E-state index in [0.717, 1.165) is 66.8 Å². The Hall–Kier alpha value is -7.62. The Bertz CT molecular complexity index is 3230. The van der Waals surface area contributed by atoms with Gasteiger partial charge in [0.2, 0.25) is 0 Å². The molecule has 2 heterocycles. The number of hydrogen-bond donors (Lipinski definition) is 0. The van der Waals surface area contributed by atoms with Gasteiger partial charge in [-0.1, -0.05) is 164 Å². The van der Waals surface area contributed by atoms with E-state index >= 15 is 0 Å². The van der Waals surface area contributed by atoms with Crippen LogP contribution in [0.2, 0.25) is 0 Å². The van der Waals surface area contributed by atoms with E-state index in [1.807, 2.05) is 6.07 Å². The van der Waals surface area contributed by atoms with Gasteiger partial charge in [-0.3, -0.25) is 0 Å². The summed E-state index contributed by atoms with van der Waals surface area (Å²) in [6.45, 7) is 0. The van der Waals surface area contributed by atoms with Gasteiger partial charge in [-0.15, -0.1) is 0 Å². The van der Waals surface area contributed by atoms with Gasteiger partial charge < -0.3 is 13.9 Å². The van der Waals surface area contributed by atoms with Crippen molar-refractivity contribution >= 4 is 60.8 Å². The van der Waals surface area contributed by atoms with Gasteiger partial charge in [0.25, 0.3) is 0 Å². The molecule has 0 spiro atoms. The van der Waals surface area contributed by atoms with Crippen molar-refractivity contribution in [1.29, 1.82) is 0 Å². The maximum Gasteiger partial charge on any atom is 0.137 e. The van der Waals surface area contributed by atoms with Crippen molar-refractivity contribution in [2.45, 2.75) is 0 Å². The Morgan fingerprint density at radius 2 is 0.930 bits per heavy atom. The number of para-hydroxylation sites is 3. The molecule has 0 aliphatic heterocycles. The number of benzene rings is 9.